The van der Waals surface area contributed by atoms with Crippen LogP contribution in [0.3, 0.4) is 0 Å². The van der Waals surface area contributed by atoms with Crippen molar-refractivity contribution in [1.82, 2.24) is 10.6 Å². The fourth-order valence-corrected chi connectivity index (χ4v) is 2.53. The number of aliphatic carboxylic acids is 1. The van der Waals surface area contributed by atoms with Crippen LogP contribution >= 0.6 is 0 Å². The van der Waals surface area contributed by atoms with Crippen LogP contribution < -0.4 is 15.5 Å². The summed E-state index contributed by atoms with van der Waals surface area (Å²) in [6.45, 7) is 2.17. The highest BCUT2D eigenvalue weighted by Crippen LogP contribution is 2.29. The Hall–Kier alpha value is -2.57. The van der Waals surface area contributed by atoms with Crippen LogP contribution in [-0.2, 0) is 16.0 Å². The van der Waals surface area contributed by atoms with Crippen LogP contribution in [0.25, 0.3) is 0 Å². The number of anilines is 1. The lowest BCUT2D eigenvalue weighted by Crippen LogP contribution is -2.37. The number of rotatable bonds is 6. The number of nitrogens with one attached hydrogen (secondary N) is 2. The van der Waals surface area contributed by atoms with E-state index >= 15 is 0 Å². The van der Waals surface area contributed by atoms with E-state index in [9.17, 15) is 14.4 Å². The number of fused-ring (bicyclic) bond motifs is 1. The molecule has 0 spiro atoms. The average molecular weight is 319 g/mol. The molecule has 1 aliphatic heterocycles. The molecule has 7 heteroatoms. The van der Waals surface area contributed by atoms with E-state index in [1.807, 2.05) is 25.1 Å². The van der Waals surface area contributed by atoms with Gasteiger partial charge in [0.05, 0.1) is 12.5 Å². The molecule has 0 fully saturated rings. The summed E-state index contributed by atoms with van der Waals surface area (Å²) in [7, 11) is 1.75. The van der Waals surface area contributed by atoms with Crippen LogP contribution in [0.2, 0.25) is 0 Å². The molecule has 0 saturated heterocycles. The van der Waals surface area contributed by atoms with Gasteiger partial charge >= 0.3 is 12.0 Å². The van der Waals surface area contributed by atoms with Gasteiger partial charge in [-0.2, -0.15) is 0 Å². The lowest BCUT2D eigenvalue weighted by molar-refractivity contribution is -0.137. The maximum absolute atomic E-state index is 11.8. The van der Waals surface area contributed by atoms with Gasteiger partial charge in [-0.1, -0.05) is 12.1 Å². The van der Waals surface area contributed by atoms with E-state index in [2.05, 4.69) is 10.6 Å². The number of carboxylic acid groups (broad SMARTS) is 1. The number of carbonyl (C=O) groups is 3. The van der Waals surface area contributed by atoms with Gasteiger partial charge in [0, 0.05) is 25.7 Å². The monoisotopic (exact) mass is 319 g/mol. The quantitative estimate of drug-likeness (QED) is 0.691. The Labute approximate surface area is 134 Å². The molecule has 0 aliphatic carbocycles. The second-order valence-electron chi connectivity index (χ2n) is 5.64. The standard InChI is InChI=1S/C16H21N3O4/c1-10(18-16(23)17-7-3-4-15(21)22)11-5-6-13-12(8-11)9-14(20)19(13)2/h5-6,8,10H,3-4,7,9H2,1-2H3,(H,21,22)(H2,17,18,23). The topological polar surface area (TPSA) is 98.7 Å². The van der Waals surface area contributed by atoms with Gasteiger partial charge in [-0.05, 0) is 30.5 Å². The molecular weight excluding hydrogens is 298 g/mol. The average Bonchev–Trinajstić information content (AvgIpc) is 2.78. The van der Waals surface area contributed by atoms with Crippen LogP contribution in [0.5, 0.6) is 0 Å². The van der Waals surface area contributed by atoms with Crippen molar-refractivity contribution in [3.05, 3.63) is 29.3 Å². The third-order valence-corrected chi connectivity index (χ3v) is 3.88. The zero-order chi connectivity index (χ0) is 17.0. The van der Waals surface area contributed by atoms with Crippen molar-refractivity contribution in [1.29, 1.82) is 0 Å². The van der Waals surface area contributed by atoms with Gasteiger partial charge < -0.3 is 20.6 Å². The Bertz CT molecular complexity index is 630. The minimum atomic E-state index is -0.877. The van der Waals surface area contributed by atoms with Crippen LogP contribution in [-0.4, -0.2) is 36.6 Å². The lowest BCUT2D eigenvalue weighted by atomic mass is 10.0. The lowest BCUT2D eigenvalue weighted by Gasteiger charge is -2.17. The van der Waals surface area contributed by atoms with Gasteiger partial charge in [-0.3, -0.25) is 9.59 Å². The molecule has 3 amide bonds. The van der Waals surface area contributed by atoms with Gasteiger partial charge in [0.25, 0.3) is 0 Å². The fourth-order valence-electron chi connectivity index (χ4n) is 2.53. The van der Waals surface area contributed by atoms with Crippen molar-refractivity contribution in [3.8, 4) is 0 Å². The van der Waals surface area contributed by atoms with Crippen molar-refractivity contribution in [2.45, 2.75) is 32.2 Å². The van der Waals surface area contributed by atoms with Crippen LogP contribution in [0.4, 0.5) is 10.5 Å². The smallest absolute Gasteiger partial charge is 0.315 e. The zero-order valence-corrected chi connectivity index (χ0v) is 13.3. The van der Waals surface area contributed by atoms with Gasteiger partial charge in [0.1, 0.15) is 0 Å². The van der Waals surface area contributed by atoms with Crippen LogP contribution in [0.1, 0.15) is 36.9 Å². The highest BCUT2D eigenvalue weighted by Gasteiger charge is 2.24. The molecule has 0 aromatic heterocycles. The highest BCUT2D eigenvalue weighted by atomic mass is 16.4. The molecule has 1 unspecified atom stereocenters. The number of hydrogen-bond donors (Lipinski definition) is 3. The normalized spacial score (nSPS) is 14.3. The van der Waals surface area contributed by atoms with Crippen molar-refractivity contribution in [2.75, 3.05) is 18.5 Å². The summed E-state index contributed by atoms with van der Waals surface area (Å²) < 4.78 is 0. The number of benzene rings is 1. The number of amides is 3. The number of carbonyl (C=O) groups excluding carboxylic acids is 2. The van der Waals surface area contributed by atoms with Crippen molar-refractivity contribution < 1.29 is 19.5 Å². The van der Waals surface area contributed by atoms with E-state index < -0.39 is 5.97 Å². The molecule has 1 atom stereocenters. The first-order valence-electron chi connectivity index (χ1n) is 7.54. The number of carboxylic acids is 1. The Morgan fingerprint density at radius 3 is 2.83 bits per heavy atom. The first-order valence-corrected chi connectivity index (χ1v) is 7.54. The Morgan fingerprint density at radius 2 is 2.13 bits per heavy atom. The molecular formula is C16H21N3O4. The van der Waals surface area contributed by atoms with E-state index in [0.29, 0.717) is 19.4 Å². The summed E-state index contributed by atoms with van der Waals surface area (Å²) in [4.78, 5) is 35.5. The molecule has 0 bridgehead atoms. The van der Waals surface area contributed by atoms with Gasteiger partial charge in [0.2, 0.25) is 5.91 Å². The number of nitrogens with zero attached hydrogens (tertiary/aromatic N) is 1. The summed E-state index contributed by atoms with van der Waals surface area (Å²) in [6, 6.07) is 5.17. The van der Waals surface area contributed by atoms with Gasteiger partial charge in [0.15, 0.2) is 0 Å². The highest BCUT2D eigenvalue weighted by molar-refractivity contribution is 6.00. The maximum Gasteiger partial charge on any atom is 0.315 e. The largest absolute Gasteiger partial charge is 0.481 e. The molecule has 1 aromatic carbocycles. The number of urea groups is 1. The van der Waals surface area contributed by atoms with E-state index in [1.165, 1.54) is 0 Å². The molecule has 1 heterocycles. The summed E-state index contributed by atoms with van der Waals surface area (Å²) in [6.07, 6.45) is 0.806. The first-order chi connectivity index (χ1) is 10.9. The predicted molar refractivity (Wildman–Crippen MR) is 85.4 cm³/mol. The maximum atomic E-state index is 11.8. The third-order valence-electron chi connectivity index (χ3n) is 3.88. The predicted octanol–water partition coefficient (Wildman–Crippen LogP) is 1.43. The van der Waals surface area contributed by atoms with Crippen molar-refractivity contribution in [3.63, 3.8) is 0 Å². The molecule has 2 rings (SSSR count). The first kappa shape index (κ1) is 16.8. The Balaban J connectivity index is 1.88. The van der Waals surface area contributed by atoms with Crippen LogP contribution in [0, 0.1) is 0 Å². The fraction of sp³-hybridized carbons (Fsp3) is 0.438. The molecule has 1 aliphatic rings. The van der Waals surface area contributed by atoms with E-state index in [4.69, 9.17) is 5.11 Å². The van der Waals surface area contributed by atoms with E-state index in [-0.39, 0.29) is 24.4 Å². The van der Waals surface area contributed by atoms with Gasteiger partial charge in [-0.25, -0.2) is 4.79 Å². The Morgan fingerprint density at radius 1 is 1.39 bits per heavy atom. The van der Waals surface area contributed by atoms with Crippen LogP contribution in [0.15, 0.2) is 18.2 Å². The van der Waals surface area contributed by atoms with E-state index in [1.54, 1.807) is 11.9 Å². The second-order valence-corrected chi connectivity index (χ2v) is 5.64. The third kappa shape index (κ3) is 4.21. The second kappa shape index (κ2) is 7.13. The molecule has 1 aromatic rings. The minimum Gasteiger partial charge on any atom is -0.481 e. The van der Waals surface area contributed by atoms with Crippen molar-refractivity contribution >= 4 is 23.6 Å². The molecule has 124 valence electrons. The molecule has 7 nitrogen and oxygen atoms in total. The van der Waals surface area contributed by atoms with Gasteiger partial charge in [-0.15, -0.1) is 0 Å². The number of hydrogen-bond acceptors (Lipinski definition) is 3. The summed E-state index contributed by atoms with van der Waals surface area (Å²) in [5, 5.41) is 14.0. The molecule has 0 saturated carbocycles. The summed E-state index contributed by atoms with van der Waals surface area (Å²) in [5.74, 6) is -0.813. The van der Waals surface area contributed by atoms with E-state index in [0.717, 1.165) is 16.8 Å². The molecule has 3 N–H and O–H groups in total. The minimum absolute atomic E-state index is 0.0300. The molecule has 23 heavy (non-hydrogen) atoms. The number of likely N-dealkylation sites (N-methyl/N-ethyl adjacent to an activating group) is 1. The Kier molecular flexibility index (Phi) is 5.20. The summed E-state index contributed by atoms with van der Waals surface area (Å²) >= 11 is 0. The zero-order valence-electron chi connectivity index (χ0n) is 13.3. The summed E-state index contributed by atoms with van der Waals surface area (Å²) in [5.41, 5.74) is 2.79. The van der Waals surface area contributed by atoms with Crippen molar-refractivity contribution in [2.24, 2.45) is 0 Å². The molecule has 0 radical (unpaired) electrons. The SMILES string of the molecule is CC(NC(=O)NCCCC(=O)O)c1ccc2c(c1)CC(=O)N2C.